The monoisotopic (exact) mass is 1160 g/mol. The predicted molar refractivity (Wildman–Crippen MR) is 378 cm³/mol. The Morgan fingerprint density at radius 1 is 0.286 bits per heavy atom. The molecule has 0 saturated carbocycles. The van der Waals surface area contributed by atoms with Gasteiger partial charge in [0, 0.05) is 55.2 Å². The molecule has 0 fully saturated rings. The molecular formula is C85H52N4O2. The van der Waals surface area contributed by atoms with Crippen molar-refractivity contribution in [3.8, 4) is 78.4 Å². The van der Waals surface area contributed by atoms with Crippen LogP contribution >= 0.6 is 0 Å². The highest BCUT2D eigenvalue weighted by Crippen LogP contribution is 2.50. The molecule has 0 aliphatic carbocycles. The number of furan rings is 2. The molecule has 6 heteroatoms. The summed E-state index contributed by atoms with van der Waals surface area (Å²) in [7, 11) is 0. The van der Waals surface area contributed by atoms with E-state index >= 15 is 0 Å². The number of benzene rings is 15. The number of para-hydroxylation sites is 5. The molecule has 19 aromatic rings. The van der Waals surface area contributed by atoms with Crippen LogP contribution in [-0.4, -0.2) is 19.1 Å². The zero-order valence-corrected chi connectivity index (χ0v) is 49.4. The number of nitrogens with zero attached hydrogens (tertiary/aromatic N) is 4. The second kappa shape index (κ2) is 20.0. The van der Waals surface area contributed by atoms with Gasteiger partial charge in [-0.05, 0) is 156 Å². The number of imidazole rings is 2. The molecule has 4 aromatic heterocycles. The average Bonchev–Trinajstić information content (AvgIpc) is 1.04. The van der Waals surface area contributed by atoms with Gasteiger partial charge < -0.3 is 8.83 Å². The van der Waals surface area contributed by atoms with Crippen molar-refractivity contribution < 1.29 is 8.83 Å². The molecule has 0 bridgehead atoms. The van der Waals surface area contributed by atoms with Gasteiger partial charge in [-0.3, -0.25) is 9.13 Å². The summed E-state index contributed by atoms with van der Waals surface area (Å²) in [5.41, 5.74) is 22.0. The molecule has 0 saturated heterocycles. The first kappa shape index (κ1) is 51.0. The van der Waals surface area contributed by atoms with Crippen LogP contribution in [0.15, 0.2) is 306 Å². The third-order valence-corrected chi connectivity index (χ3v) is 18.9. The minimum Gasteiger partial charge on any atom is -0.456 e. The van der Waals surface area contributed by atoms with Crippen molar-refractivity contribution in [2.45, 2.75) is 6.92 Å². The van der Waals surface area contributed by atoms with Crippen molar-refractivity contribution in [2.24, 2.45) is 0 Å². The highest BCUT2D eigenvalue weighted by atomic mass is 16.3. The third kappa shape index (κ3) is 7.73. The van der Waals surface area contributed by atoms with Crippen LogP contribution in [0.5, 0.6) is 0 Å². The maximum absolute atomic E-state index is 7.07. The van der Waals surface area contributed by atoms with E-state index in [9.17, 15) is 0 Å². The van der Waals surface area contributed by atoms with Gasteiger partial charge >= 0.3 is 0 Å². The third-order valence-electron chi connectivity index (χ3n) is 18.9. The second-order valence-electron chi connectivity index (χ2n) is 23.8. The van der Waals surface area contributed by atoms with Crippen LogP contribution in [0.4, 0.5) is 0 Å². The number of hydrogen-bond donors (Lipinski definition) is 0. The molecule has 0 spiro atoms. The van der Waals surface area contributed by atoms with Crippen LogP contribution in [0.1, 0.15) is 5.82 Å². The number of aryl methyl sites for hydroxylation is 1. The lowest BCUT2D eigenvalue weighted by Crippen LogP contribution is -1.98. The first-order valence-electron chi connectivity index (χ1n) is 31.0. The molecule has 19 rings (SSSR count). The summed E-state index contributed by atoms with van der Waals surface area (Å²) in [5.74, 6) is 1.83. The Balaban J connectivity index is 0.726. The fourth-order valence-corrected chi connectivity index (χ4v) is 15.0. The summed E-state index contributed by atoms with van der Waals surface area (Å²) < 4.78 is 18.1. The van der Waals surface area contributed by atoms with Crippen LogP contribution < -0.4 is 0 Å². The van der Waals surface area contributed by atoms with E-state index < -0.39 is 0 Å². The van der Waals surface area contributed by atoms with Gasteiger partial charge in [-0.2, -0.15) is 0 Å². The summed E-state index contributed by atoms with van der Waals surface area (Å²) in [6, 6.07) is 107. The van der Waals surface area contributed by atoms with Crippen molar-refractivity contribution in [1.29, 1.82) is 0 Å². The highest BCUT2D eigenvalue weighted by Gasteiger charge is 2.25. The molecular weight excluding hydrogens is 1110 g/mol. The fraction of sp³-hybridized carbons (Fsp3) is 0.0118. The second-order valence-corrected chi connectivity index (χ2v) is 23.8. The van der Waals surface area contributed by atoms with Gasteiger partial charge in [0.15, 0.2) is 0 Å². The van der Waals surface area contributed by atoms with E-state index in [-0.39, 0.29) is 0 Å². The molecule has 0 amide bonds. The maximum atomic E-state index is 7.07. The average molecular weight is 1160 g/mol. The molecule has 6 nitrogen and oxygen atoms in total. The molecule has 15 aromatic carbocycles. The number of rotatable bonds is 8. The van der Waals surface area contributed by atoms with Crippen LogP contribution in [-0.2, 0) is 0 Å². The molecule has 91 heavy (non-hydrogen) atoms. The Kier molecular flexibility index (Phi) is 11.2. The summed E-state index contributed by atoms with van der Waals surface area (Å²) in [4.78, 5) is 10.5. The first-order chi connectivity index (χ1) is 45.1. The summed E-state index contributed by atoms with van der Waals surface area (Å²) >= 11 is 0. The van der Waals surface area contributed by atoms with Gasteiger partial charge in [-0.15, -0.1) is 0 Å². The van der Waals surface area contributed by atoms with E-state index in [4.69, 9.17) is 18.8 Å². The Morgan fingerprint density at radius 2 is 0.747 bits per heavy atom. The maximum Gasteiger partial charge on any atom is 0.145 e. The fourth-order valence-electron chi connectivity index (χ4n) is 15.0. The number of aromatic nitrogens is 4. The molecule has 0 unspecified atom stereocenters. The van der Waals surface area contributed by atoms with Gasteiger partial charge in [0.2, 0.25) is 0 Å². The van der Waals surface area contributed by atoms with Gasteiger partial charge in [0.05, 0.1) is 22.1 Å². The van der Waals surface area contributed by atoms with E-state index in [1.54, 1.807) is 0 Å². The van der Waals surface area contributed by atoms with E-state index in [1.807, 2.05) is 12.1 Å². The van der Waals surface area contributed by atoms with Crippen LogP contribution in [0.3, 0.4) is 0 Å². The largest absolute Gasteiger partial charge is 0.456 e. The van der Waals surface area contributed by atoms with Crippen LogP contribution in [0.2, 0.25) is 0 Å². The van der Waals surface area contributed by atoms with Gasteiger partial charge in [-0.25, -0.2) is 9.97 Å². The van der Waals surface area contributed by atoms with E-state index in [2.05, 4.69) is 301 Å². The smallest absolute Gasteiger partial charge is 0.145 e. The lowest BCUT2D eigenvalue weighted by molar-refractivity contribution is 0.669. The quantitative estimate of drug-likeness (QED) is 0.142. The Bertz CT molecular complexity index is 6090. The van der Waals surface area contributed by atoms with E-state index in [0.29, 0.717) is 0 Å². The Hall–Kier alpha value is -12.1. The highest BCUT2D eigenvalue weighted by molar-refractivity contribution is 6.27. The van der Waals surface area contributed by atoms with Crippen LogP contribution in [0.25, 0.3) is 187 Å². The van der Waals surface area contributed by atoms with Crippen LogP contribution in [0, 0.1) is 6.92 Å². The standard InChI is InChI=1S/C85H52N4O2/c1-51-86-72-35-14-15-36-73(72)88(51)56-45-40-52(41-46-56)79-61-24-7-11-28-65(61)81(66-29-12-8-25-62(66)79)70-34-17-32-67-71-50-55(44-49-76(71)91-84(67)70)58-31-18-37-74-83(58)87-85(54-20-3-2-4-21-54)89(74)57-47-42-53(43-48-57)78-59-22-5-9-26-63(59)80(64-27-10-6-23-60(64)78)69-33-19-39-77-82(69)68-30-13-16-38-75(68)90-77/h2-50H,1H3. The lowest BCUT2D eigenvalue weighted by atomic mass is 9.85. The number of hydrogen-bond acceptors (Lipinski definition) is 4. The number of fused-ring (bicyclic) bond motifs is 12. The van der Waals surface area contributed by atoms with Crippen molar-refractivity contribution in [3.63, 3.8) is 0 Å². The van der Waals surface area contributed by atoms with Gasteiger partial charge in [0.1, 0.15) is 34.0 Å². The topological polar surface area (TPSA) is 61.9 Å². The predicted octanol–water partition coefficient (Wildman–Crippen LogP) is 23.1. The van der Waals surface area contributed by atoms with Crippen molar-refractivity contribution in [2.75, 3.05) is 0 Å². The normalized spacial score (nSPS) is 12.0. The zero-order valence-electron chi connectivity index (χ0n) is 49.4. The summed E-state index contributed by atoms with van der Waals surface area (Å²) in [6.45, 7) is 2.07. The Morgan fingerprint density at radius 3 is 1.40 bits per heavy atom. The van der Waals surface area contributed by atoms with Crippen molar-refractivity contribution in [1.82, 2.24) is 19.1 Å². The minimum atomic E-state index is 0.833. The van der Waals surface area contributed by atoms with Gasteiger partial charge in [0.25, 0.3) is 0 Å². The van der Waals surface area contributed by atoms with Gasteiger partial charge in [-0.1, -0.05) is 231 Å². The van der Waals surface area contributed by atoms with E-state index in [0.717, 1.165) is 128 Å². The molecule has 0 N–H and O–H groups in total. The summed E-state index contributed by atoms with van der Waals surface area (Å²) in [5, 5.41) is 13.9. The lowest BCUT2D eigenvalue weighted by Gasteiger charge is -2.18. The molecule has 0 aliphatic rings. The first-order valence-corrected chi connectivity index (χ1v) is 31.0. The SMILES string of the molecule is Cc1nc2ccccc2n1-c1ccc(-c2c3ccccc3c(-c3cccc4c3oc3ccc(-c5cccc6c5nc(-c5ccccc5)n6-c5ccc(-c6c7ccccc7c(-c7cccc8oc9ccccc9c78)c7ccccc67)cc5)cc34)c3ccccc23)cc1. The van der Waals surface area contributed by atoms with Crippen molar-refractivity contribution in [3.05, 3.63) is 303 Å². The zero-order chi connectivity index (χ0) is 59.8. The molecule has 0 atom stereocenters. The Labute approximate surface area is 522 Å². The minimum absolute atomic E-state index is 0.833. The van der Waals surface area contributed by atoms with Crippen molar-refractivity contribution >= 4 is 109 Å². The molecule has 0 radical (unpaired) electrons. The summed E-state index contributed by atoms with van der Waals surface area (Å²) in [6.07, 6.45) is 0. The molecule has 424 valence electrons. The van der Waals surface area contributed by atoms with E-state index in [1.165, 1.54) is 65.3 Å². The molecule has 4 heterocycles. The molecule has 0 aliphatic heterocycles.